The summed E-state index contributed by atoms with van der Waals surface area (Å²) in [6, 6.07) is 12.6. The lowest BCUT2D eigenvalue weighted by molar-refractivity contribution is -0.140. The van der Waals surface area contributed by atoms with Gasteiger partial charge in [-0.25, -0.2) is 4.39 Å². The van der Waals surface area contributed by atoms with Crippen molar-refractivity contribution in [3.8, 4) is 5.75 Å². The molecular formula is C24H18ClFN2O4. The monoisotopic (exact) mass is 452 g/mol. The molecule has 0 saturated carbocycles. The van der Waals surface area contributed by atoms with Crippen LogP contribution in [0.4, 0.5) is 4.39 Å². The molecular weight excluding hydrogens is 435 g/mol. The first-order valence-corrected chi connectivity index (χ1v) is 10.1. The summed E-state index contributed by atoms with van der Waals surface area (Å²) in [5.41, 5.74) is 0.813. The molecule has 1 aliphatic heterocycles. The van der Waals surface area contributed by atoms with Crippen LogP contribution >= 0.6 is 11.6 Å². The Labute approximate surface area is 188 Å². The number of pyridine rings is 1. The molecule has 0 bridgehead atoms. The van der Waals surface area contributed by atoms with E-state index in [0.717, 1.165) is 0 Å². The van der Waals surface area contributed by atoms with Crippen LogP contribution in [0, 0.1) is 5.82 Å². The van der Waals surface area contributed by atoms with Crippen molar-refractivity contribution in [1.29, 1.82) is 0 Å². The van der Waals surface area contributed by atoms with Crippen LogP contribution in [0.25, 0.3) is 5.76 Å². The Hall–Kier alpha value is -3.71. The number of ether oxygens (including phenoxy) is 1. The number of likely N-dealkylation sites (tertiary alicyclic amines) is 1. The number of methoxy groups -OCH3 is 1. The number of Topliss-reactive ketones (excluding diaryl/α,β-unsaturated/α-hetero) is 1. The summed E-state index contributed by atoms with van der Waals surface area (Å²) >= 11 is 6.06. The van der Waals surface area contributed by atoms with Crippen LogP contribution in [-0.4, -0.2) is 33.8 Å². The van der Waals surface area contributed by atoms with E-state index in [1.165, 1.54) is 48.4 Å². The second kappa shape index (κ2) is 8.80. The second-order valence-corrected chi connectivity index (χ2v) is 7.56. The molecule has 6 nitrogen and oxygen atoms in total. The lowest BCUT2D eigenvalue weighted by atomic mass is 9.94. The predicted octanol–water partition coefficient (Wildman–Crippen LogP) is 4.50. The molecule has 1 N–H and O–H groups in total. The van der Waals surface area contributed by atoms with Gasteiger partial charge in [-0.2, -0.15) is 0 Å². The number of aromatic nitrogens is 1. The SMILES string of the molecule is COc1cc(/C(O)=C2\C(=O)C(=O)N(Cc3ccncc3)C2c2ccccc2F)ccc1Cl. The third-order valence-corrected chi connectivity index (χ3v) is 5.58. The molecule has 3 aromatic rings. The van der Waals surface area contributed by atoms with Gasteiger partial charge in [0.1, 0.15) is 17.3 Å². The Morgan fingerprint density at radius 2 is 1.88 bits per heavy atom. The minimum Gasteiger partial charge on any atom is -0.507 e. The molecule has 1 atom stereocenters. The van der Waals surface area contributed by atoms with Gasteiger partial charge < -0.3 is 14.7 Å². The van der Waals surface area contributed by atoms with E-state index in [-0.39, 0.29) is 29.0 Å². The van der Waals surface area contributed by atoms with Gasteiger partial charge in [0.25, 0.3) is 11.7 Å². The summed E-state index contributed by atoms with van der Waals surface area (Å²) in [4.78, 5) is 31.2. The largest absolute Gasteiger partial charge is 0.507 e. The van der Waals surface area contributed by atoms with Gasteiger partial charge in [0.05, 0.1) is 23.7 Å². The zero-order chi connectivity index (χ0) is 22.8. The molecule has 1 saturated heterocycles. The fourth-order valence-corrected chi connectivity index (χ4v) is 3.91. The standard InChI is InChI=1S/C24H18ClFN2O4/c1-32-19-12-15(6-7-17(19)25)22(29)20-21(16-4-2-3-5-18(16)26)28(24(31)23(20)30)13-14-8-10-27-11-9-14/h2-12,21,29H,13H2,1H3/b22-20+. The Bertz CT molecular complexity index is 1230. The van der Waals surface area contributed by atoms with Crippen molar-refractivity contribution >= 4 is 29.1 Å². The fourth-order valence-electron chi connectivity index (χ4n) is 3.71. The minimum absolute atomic E-state index is 0.0345. The van der Waals surface area contributed by atoms with Crippen molar-refractivity contribution < 1.29 is 23.8 Å². The molecule has 2 heterocycles. The van der Waals surface area contributed by atoms with Crippen LogP contribution < -0.4 is 4.74 Å². The topological polar surface area (TPSA) is 79.7 Å². The van der Waals surface area contributed by atoms with Crippen LogP contribution in [0.3, 0.4) is 0 Å². The molecule has 162 valence electrons. The van der Waals surface area contributed by atoms with E-state index < -0.39 is 29.3 Å². The number of aliphatic hydroxyl groups excluding tert-OH is 1. The van der Waals surface area contributed by atoms with Gasteiger partial charge in [-0.15, -0.1) is 0 Å². The van der Waals surface area contributed by atoms with Crippen LogP contribution in [0.15, 0.2) is 72.6 Å². The number of halogens is 2. The van der Waals surface area contributed by atoms with Crippen molar-refractivity contribution in [2.24, 2.45) is 0 Å². The highest BCUT2D eigenvalue weighted by atomic mass is 35.5. The fraction of sp³-hybridized carbons (Fsp3) is 0.125. The van der Waals surface area contributed by atoms with E-state index in [4.69, 9.17) is 16.3 Å². The van der Waals surface area contributed by atoms with Crippen molar-refractivity contribution in [3.05, 3.63) is 100 Å². The number of nitrogens with zero attached hydrogens (tertiary/aromatic N) is 2. The molecule has 1 fully saturated rings. The van der Waals surface area contributed by atoms with Crippen LogP contribution in [-0.2, 0) is 16.1 Å². The molecule has 8 heteroatoms. The van der Waals surface area contributed by atoms with E-state index in [9.17, 15) is 19.1 Å². The van der Waals surface area contributed by atoms with Gasteiger partial charge in [0.15, 0.2) is 0 Å². The number of hydrogen-bond acceptors (Lipinski definition) is 5. The summed E-state index contributed by atoms with van der Waals surface area (Å²) in [6.07, 6.45) is 3.12. The molecule has 0 radical (unpaired) electrons. The quantitative estimate of drug-likeness (QED) is 0.350. The molecule has 2 aromatic carbocycles. The van der Waals surface area contributed by atoms with Crippen molar-refractivity contribution in [3.63, 3.8) is 0 Å². The van der Waals surface area contributed by atoms with E-state index in [1.54, 1.807) is 30.6 Å². The average molecular weight is 453 g/mol. The first-order valence-electron chi connectivity index (χ1n) is 9.68. The van der Waals surface area contributed by atoms with Crippen LogP contribution in [0.1, 0.15) is 22.7 Å². The molecule has 1 unspecified atom stereocenters. The molecule has 1 amide bonds. The van der Waals surface area contributed by atoms with E-state index >= 15 is 0 Å². The zero-order valence-electron chi connectivity index (χ0n) is 17.0. The zero-order valence-corrected chi connectivity index (χ0v) is 17.7. The summed E-state index contributed by atoms with van der Waals surface area (Å²) in [7, 11) is 1.41. The van der Waals surface area contributed by atoms with E-state index in [1.807, 2.05) is 0 Å². The number of carbonyl (C=O) groups is 2. The highest BCUT2D eigenvalue weighted by Crippen LogP contribution is 2.41. The highest BCUT2D eigenvalue weighted by molar-refractivity contribution is 6.46. The Kier molecular flexibility index (Phi) is 5.92. The summed E-state index contributed by atoms with van der Waals surface area (Å²) in [6.45, 7) is 0.0345. The molecule has 0 aliphatic carbocycles. The number of hydrogen-bond donors (Lipinski definition) is 1. The van der Waals surface area contributed by atoms with Crippen molar-refractivity contribution in [2.75, 3.05) is 7.11 Å². The Balaban J connectivity index is 1.90. The van der Waals surface area contributed by atoms with Crippen LogP contribution in [0.5, 0.6) is 5.75 Å². The predicted molar refractivity (Wildman–Crippen MR) is 116 cm³/mol. The highest BCUT2D eigenvalue weighted by Gasteiger charge is 2.47. The third kappa shape index (κ3) is 3.83. The first kappa shape index (κ1) is 21.5. The molecule has 4 rings (SSSR count). The molecule has 32 heavy (non-hydrogen) atoms. The van der Waals surface area contributed by atoms with Gasteiger partial charge in [-0.3, -0.25) is 14.6 Å². The minimum atomic E-state index is -1.12. The number of benzene rings is 2. The number of rotatable bonds is 5. The van der Waals surface area contributed by atoms with Gasteiger partial charge in [0, 0.05) is 30.1 Å². The van der Waals surface area contributed by atoms with Gasteiger partial charge in [0.2, 0.25) is 0 Å². The first-order chi connectivity index (χ1) is 15.4. The number of ketones is 1. The third-order valence-electron chi connectivity index (χ3n) is 5.27. The van der Waals surface area contributed by atoms with Crippen molar-refractivity contribution in [1.82, 2.24) is 9.88 Å². The Morgan fingerprint density at radius 3 is 2.56 bits per heavy atom. The number of carbonyl (C=O) groups excluding carboxylic acids is 2. The van der Waals surface area contributed by atoms with E-state index in [2.05, 4.69) is 4.98 Å². The number of aliphatic hydroxyl groups is 1. The summed E-state index contributed by atoms with van der Waals surface area (Å²) < 4.78 is 20.0. The molecule has 1 aromatic heterocycles. The lowest BCUT2D eigenvalue weighted by Gasteiger charge is -2.25. The normalized spacial score (nSPS) is 17.6. The average Bonchev–Trinajstić information content (AvgIpc) is 3.05. The second-order valence-electron chi connectivity index (χ2n) is 7.15. The smallest absolute Gasteiger partial charge is 0.295 e. The van der Waals surface area contributed by atoms with Gasteiger partial charge >= 0.3 is 0 Å². The maximum atomic E-state index is 14.8. The Morgan fingerprint density at radius 1 is 1.16 bits per heavy atom. The number of amides is 1. The van der Waals surface area contributed by atoms with Gasteiger partial charge in [-0.05, 0) is 42.0 Å². The van der Waals surface area contributed by atoms with Crippen molar-refractivity contribution in [2.45, 2.75) is 12.6 Å². The maximum absolute atomic E-state index is 14.8. The molecule has 1 aliphatic rings. The summed E-state index contributed by atoms with van der Waals surface area (Å²) in [5.74, 6) is -2.50. The molecule has 0 spiro atoms. The van der Waals surface area contributed by atoms with Gasteiger partial charge in [-0.1, -0.05) is 29.8 Å². The van der Waals surface area contributed by atoms with Crippen LogP contribution in [0.2, 0.25) is 5.02 Å². The van der Waals surface area contributed by atoms with E-state index in [0.29, 0.717) is 10.6 Å². The summed E-state index contributed by atoms with van der Waals surface area (Å²) in [5, 5.41) is 11.4. The maximum Gasteiger partial charge on any atom is 0.295 e. The lowest BCUT2D eigenvalue weighted by Crippen LogP contribution is -2.29.